The average molecular weight is 506 g/mol. The highest BCUT2D eigenvalue weighted by Gasteiger charge is 2.31. The first-order valence-electron chi connectivity index (χ1n) is 11.8. The molecule has 2 aromatic carbocycles. The fraction of sp³-hybridized carbons (Fsp3) is 0.462. The Morgan fingerprint density at radius 3 is 2.14 bits per heavy atom. The summed E-state index contributed by atoms with van der Waals surface area (Å²) in [4.78, 5) is 28.0. The summed E-state index contributed by atoms with van der Waals surface area (Å²) >= 11 is 0. The number of benzene rings is 2. The second-order valence-electron chi connectivity index (χ2n) is 8.83. The van der Waals surface area contributed by atoms with Crippen molar-refractivity contribution in [3.05, 3.63) is 65.0 Å². The number of amides is 2. The van der Waals surface area contributed by atoms with Crippen molar-refractivity contribution in [3.8, 4) is 0 Å². The summed E-state index contributed by atoms with van der Waals surface area (Å²) in [6.45, 7) is 7.60. The van der Waals surface area contributed by atoms with Gasteiger partial charge in [-0.05, 0) is 67.6 Å². The number of carbonyl (C=O) groups excluding carboxylic acids is 2. The Labute approximate surface area is 208 Å². The van der Waals surface area contributed by atoms with Crippen LogP contribution in [0.5, 0.6) is 0 Å². The van der Waals surface area contributed by atoms with Crippen LogP contribution in [-0.2, 0) is 26.2 Å². The van der Waals surface area contributed by atoms with E-state index in [1.807, 2.05) is 26.8 Å². The van der Waals surface area contributed by atoms with Crippen molar-refractivity contribution >= 4 is 27.5 Å². The Hall–Kier alpha value is -2.94. The van der Waals surface area contributed by atoms with Gasteiger partial charge in [0.25, 0.3) is 0 Å². The molecular formula is C26H36FN3O4S. The summed E-state index contributed by atoms with van der Waals surface area (Å²) in [5.41, 5.74) is 2.76. The number of aryl methyl sites for hydroxylation is 2. The molecule has 0 unspecified atom stereocenters. The van der Waals surface area contributed by atoms with Crippen LogP contribution in [0.25, 0.3) is 0 Å². The molecule has 9 heteroatoms. The molecular weight excluding hydrogens is 469 g/mol. The second kappa shape index (κ2) is 12.7. The van der Waals surface area contributed by atoms with E-state index >= 15 is 0 Å². The molecule has 0 radical (unpaired) electrons. The monoisotopic (exact) mass is 505 g/mol. The second-order valence-corrected chi connectivity index (χ2v) is 10.7. The molecule has 2 aromatic rings. The van der Waals surface area contributed by atoms with Gasteiger partial charge in [0, 0.05) is 13.1 Å². The van der Waals surface area contributed by atoms with E-state index in [0.717, 1.165) is 34.5 Å². The third-order valence-corrected chi connectivity index (χ3v) is 6.80. The van der Waals surface area contributed by atoms with Gasteiger partial charge in [0.2, 0.25) is 21.8 Å². The smallest absolute Gasteiger partial charge is 0.244 e. The predicted octanol–water partition coefficient (Wildman–Crippen LogP) is 3.93. The van der Waals surface area contributed by atoms with E-state index in [1.54, 1.807) is 31.2 Å². The number of hydrogen-bond donors (Lipinski definition) is 1. The minimum Gasteiger partial charge on any atom is -0.354 e. The number of halogens is 1. The summed E-state index contributed by atoms with van der Waals surface area (Å²) in [7, 11) is -3.79. The molecule has 2 rings (SSSR count). The van der Waals surface area contributed by atoms with Gasteiger partial charge in [-0.2, -0.15) is 0 Å². The van der Waals surface area contributed by atoms with Crippen molar-refractivity contribution in [1.29, 1.82) is 0 Å². The molecule has 0 aromatic heterocycles. The summed E-state index contributed by atoms with van der Waals surface area (Å²) in [5.74, 6) is -1.22. The summed E-state index contributed by atoms with van der Waals surface area (Å²) in [6.07, 6.45) is 3.11. The Morgan fingerprint density at radius 2 is 1.63 bits per heavy atom. The number of carbonyl (C=O) groups is 2. The van der Waals surface area contributed by atoms with Crippen molar-refractivity contribution in [3.63, 3.8) is 0 Å². The highest BCUT2D eigenvalue weighted by molar-refractivity contribution is 7.92. The Balaban J connectivity index is 2.42. The number of unbranched alkanes of at least 4 members (excludes halogenated alkanes) is 1. The predicted molar refractivity (Wildman–Crippen MR) is 137 cm³/mol. The van der Waals surface area contributed by atoms with E-state index in [0.29, 0.717) is 24.2 Å². The third kappa shape index (κ3) is 8.35. The maximum Gasteiger partial charge on any atom is 0.244 e. The third-order valence-electron chi connectivity index (χ3n) is 5.66. The van der Waals surface area contributed by atoms with E-state index in [-0.39, 0.29) is 12.5 Å². The van der Waals surface area contributed by atoms with Crippen LogP contribution < -0.4 is 9.62 Å². The molecule has 1 atom stereocenters. The van der Waals surface area contributed by atoms with E-state index in [1.165, 1.54) is 17.0 Å². The van der Waals surface area contributed by atoms with Crippen LogP contribution in [0.4, 0.5) is 10.1 Å². The fourth-order valence-corrected chi connectivity index (χ4v) is 4.75. The van der Waals surface area contributed by atoms with Crippen molar-refractivity contribution < 1.29 is 22.4 Å². The van der Waals surface area contributed by atoms with Crippen molar-refractivity contribution in [2.45, 2.75) is 59.5 Å². The van der Waals surface area contributed by atoms with Crippen molar-refractivity contribution in [2.75, 3.05) is 23.7 Å². The van der Waals surface area contributed by atoms with Crippen LogP contribution in [0.1, 0.15) is 49.8 Å². The number of hydrogen-bond acceptors (Lipinski definition) is 4. The van der Waals surface area contributed by atoms with E-state index in [9.17, 15) is 22.4 Å². The lowest BCUT2D eigenvalue weighted by Gasteiger charge is -2.33. The summed E-state index contributed by atoms with van der Waals surface area (Å²) < 4.78 is 39.9. The Kier molecular flexibility index (Phi) is 10.2. The van der Waals surface area contributed by atoms with E-state index in [4.69, 9.17) is 0 Å². The van der Waals surface area contributed by atoms with Crippen LogP contribution in [0.3, 0.4) is 0 Å². The van der Waals surface area contributed by atoms with Gasteiger partial charge in [0.05, 0.1) is 11.9 Å². The standard InChI is InChI=1S/C26H36FN3O4S/c1-6-8-13-28-26(32)24(7-2)29(17-21-9-11-22(27)12-10-21)25(31)18-30(35(5,33)34)23-15-19(3)14-20(4)16-23/h9-12,14-16,24H,6-8,13,17-18H2,1-5H3,(H,28,32)/t24-/m0/s1. The molecule has 0 saturated carbocycles. The highest BCUT2D eigenvalue weighted by Crippen LogP contribution is 2.22. The zero-order chi connectivity index (χ0) is 26.2. The van der Waals surface area contributed by atoms with Gasteiger partial charge in [-0.25, -0.2) is 12.8 Å². The normalized spacial score (nSPS) is 12.2. The average Bonchev–Trinajstić information content (AvgIpc) is 2.77. The summed E-state index contributed by atoms with van der Waals surface area (Å²) in [5, 5.41) is 2.87. The lowest BCUT2D eigenvalue weighted by molar-refractivity contribution is -0.140. The number of nitrogens with one attached hydrogen (secondary N) is 1. The molecule has 2 amide bonds. The lowest BCUT2D eigenvalue weighted by atomic mass is 10.1. The van der Waals surface area contributed by atoms with Gasteiger partial charge < -0.3 is 10.2 Å². The zero-order valence-electron chi connectivity index (χ0n) is 21.2. The molecule has 35 heavy (non-hydrogen) atoms. The molecule has 0 fully saturated rings. The molecule has 7 nitrogen and oxygen atoms in total. The highest BCUT2D eigenvalue weighted by atomic mass is 32.2. The molecule has 0 heterocycles. The zero-order valence-corrected chi connectivity index (χ0v) is 22.0. The van der Waals surface area contributed by atoms with Crippen LogP contribution in [0.2, 0.25) is 0 Å². The SMILES string of the molecule is CCCCNC(=O)[C@H](CC)N(Cc1ccc(F)cc1)C(=O)CN(c1cc(C)cc(C)c1)S(C)(=O)=O. The first kappa shape index (κ1) is 28.3. The number of anilines is 1. The van der Waals surface area contributed by atoms with Crippen LogP contribution >= 0.6 is 0 Å². The van der Waals surface area contributed by atoms with Gasteiger partial charge in [-0.3, -0.25) is 13.9 Å². The number of sulfonamides is 1. The minimum atomic E-state index is -3.79. The van der Waals surface area contributed by atoms with Gasteiger partial charge >= 0.3 is 0 Å². The van der Waals surface area contributed by atoms with Gasteiger partial charge in [0.1, 0.15) is 18.4 Å². The molecule has 0 saturated heterocycles. The topological polar surface area (TPSA) is 86.8 Å². The lowest BCUT2D eigenvalue weighted by Crippen LogP contribution is -2.52. The van der Waals surface area contributed by atoms with E-state index in [2.05, 4.69) is 5.32 Å². The first-order chi connectivity index (χ1) is 16.5. The maximum absolute atomic E-state index is 13.6. The van der Waals surface area contributed by atoms with Crippen LogP contribution in [-0.4, -0.2) is 50.5 Å². The quantitative estimate of drug-likeness (QED) is 0.443. The molecule has 0 bridgehead atoms. The molecule has 0 spiro atoms. The maximum atomic E-state index is 13.6. The molecule has 1 N–H and O–H groups in total. The fourth-order valence-electron chi connectivity index (χ4n) is 3.92. The van der Waals surface area contributed by atoms with Crippen LogP contribution in [0.15, 0.2) is 42.5 Å². The molecule has 0 aliphatic rings. The number of nitrogens with zero attached hydrogens (tertiary/aromatic N) is 2. The van der Waals surface area contributed by atoms with E-state index < -0.39 is 34.3 Å². The molecule has 0 aliphatic heterocycles. The van der Waals surface area contributed by atoms with Crippen LogP contribution in [0, 0.1) is 19.7 Å². The van der Waals surface area contributed by atoms with Gasteiger partial charge in [-0.1, -0.05) is 38.5 Å². The Morgan fingerprint density at radius 1 is 1.03 bits per heavy atom. The summed E-state index contributed by atoms with van der Waals surface area (Å²) in [6, 6.07) is 10.2. The van der Waals surface area contributed by atoms with Crippen molar-refractivity contribution in [1.82, 2.24) is 10.2 Å². The molecule has 0 aliphatic carbocycles. The van der Waals surface area contributed by atoms with Gasteiger partial charge in [0.15, 0.2) is 0 Å². The van der Waals surface area contributed by atoms with Crippen molar-refractivity contribution in [2.24, 2.45) is 0 Å². The minimum absolute atomic E-state index is 0.0449. The number of rotatable bonds is 12. The molecule has 192 valence electrons. The van der Waals surface area contributed by atoms with Gasteiger partial charge in [-0.15, -0.1) is 0 Å². The Bertz CT molecular complexity index is 1100. The largest absolute Gasteiger partial charge is 0.354 e. The first-order valence-corrected chi connectivity index (χ1v) is 13.7.